The normalized spacial score (nSPS) is 19.3. The van der Waals surface area contributed by atoms with Crippen LogP contribution in [0.3, 0.4) is 0 Å². The first kappa shape index (κ1) is 16.0. The molecular formula is C18H28N2O. The number of carbonyl (C=O) groups is 1. The van der Waals surface area contributed by atoms with Gasteiger partial charge in [0.2, 0.25) is 5.91 Å². The second-order valence-electron chi connectivity index (χ2n) is 6.07. The lowest BCUT2D eigenvalue weighted by atomic mass is 9.99. The summed E-state index contributed by atoms with van der Waals surface area (Å²) in [6, 6.07) is 8.92. The van der Waals surface area contributed by atoms with Gasteiger partial charge in [-0.25, -0.2) is 0 Å². The van der Waals surface area contributed by atoms with Crippen molar-refractivity contribution in [2.45, 2.75) is 51.5 Å². The zero-order valence-corrected chi connectivity index (χ0v) is 13.4. The Morgan fingerprint density at radius 1 is 1.33 bits per heavy atom. The molecule has 0 aromatic heterocycles. The summed E-state index contributed by atoms with van der Waals surface area (Å²) in [5, 5.41) is 3.12. The molecule has 0 bridgehead atoms. The van der Waals surface area contributed by atoms with Crippen LogP contribution >= 0.6 is 0 Å². The molecule has 1 aromatic carbocycles. The van der Waals surface area contributed by atoms with E-state index in [1.165, 1.54) is 24.0 Å². The van der Waals surface area contributed by atoms with Gasteiger partial charge in [-0.05, 0) is 45.3 Å². The molecule has 21 heavy (non-hydrogen) atoms. The van der Waals surface area contributed by atoms with E-state index in [4.69, 9.17) is 0 Å². The van der Waals surface area contributed by atoms with E-state index in [0.29, 0.717) is 12.3 Å². The molecule has 116 valence electrons. The van der Waals surface area contributed by atoms with Gasteiger partial charge < -0.3 is 10.2 Å². The van der Waals surface area contributed by atoms with E-state index in [-0.39, 0.29) is 6.04 Å². The van der Waals surface area contributed by atoms with Gasteiger partial charge >= 0.3 is 0 Å². The summed E-state index contributed by atoms with van der Waals surface area (Å²) in [6.45, 7) is 3.95. The smallest absolute Gasteiger partial charge is 0.223 e. The van der Waals surface area contributed by atoms with Gasteiger partial charge in [-0.3, -0.25) is 4.79 Å². The number of hydrogen-bond donors (Lipinski definition) is 1. The third-order valence-electron chi connectivity index (χ3n) is 4.32. The van der Waals surface area contributed by atoms with E-state index in [1.807, 2.05) is 7.05 Å². The van der Waals surface area contributed by atoms with Crippen LogP contribution in [0.2, 0.25) is 0 Å². The van der Waals surface area contributed by atoms with Crippen LogP contribution in [-0.4, -0.2) is 30.9 Å². The molecule has 1 N–H and O–H groups in total. The van der Waals surface area contributed by atoms with Gasteiger partial charge in [0.25, 0.3) is 0 Å². The zero-order chi connectivity index (χ0) is 15.1. The van der Waals surface area contributed by atoms with Crippen molar-refractivity contribution in [1.82, 2.24) is 10.2 Å². The lowest BCUT2D eigenvalue weighted by molar-refractivity contribution is -0.133. The molecule has 1 amide bonds. The van der Waals surface area contributed by atoms with Crippen molar-refractivity contribution in [3.8, 4) is 0 Å². The average Bonchev–Trinajstić information content (AvgIpc) is 2.73. The summed E-state index contributed by atoms with van der Waals surface area (Å²) in [5.41, 5.74) is 2.58. The molecular weight excluding hydrogens is 260 g/mol. The molecule has 1 aliphatic rings. The maximum Gasteiger partial charge on any atom is 0.223 e. The third-order valence-corrected chi connectivity index (χ3v) is 4.32. The molecule has 0 saturated carbocycles. The second kappa shape index (κ2) is 8.18. The van der Waals surface area contributed by atoms with Crippen LogP contribution in [0.25, 0.3) is 0 Å². The van der Waals surface area contributed by atoms with Crippen molar-refractivity contribution >= 4 is 5.91 Å². The Labute approximate surface area is 128 Å². The molecule has 3 heteroatoms. The van der Waals surface area contributed by atoms with Crippen LogP contribution in [0.5, 0.6) is 0 Å². The highest BCUT2D eigenvalue weighted by Crippen LogP contribution is 2.31. The second-order valence-corrected chi connectivity index (χ2v) is 6.07. The van der Waals surface area contributed by atoms with E-state index in [1.54, 1.807) is 0 Å². The molecule has 0 radical (unpaired) electrons. The summed E-state index contributed by atoms with van der Waals surface area (Å²) < 4.78 is 0. The fourth-order valence-corrected chi connectivity index (χ4v) is 3.19. The van der Waals surface area contributed by atoms with Crippen molar-refractivity contribution in [1.29, 1.82) is 0 Å². The number of hydrogen-bond acceptors (Lipinski definition) is 2. The first-order valence-electron chi connectivity index (χ1n) is 8.23. The van der Waals surface area contributed by atoms with Crippen molar-refractivity contribution in [3.63, 3.8) is 0 Å². The third kappa shape index (κ3) is 4.57. The standard InChI is InChI=1S/C18H28N2O/c1-15-8-6-9-16(14-15)17-10-4-3-5-13-20(17)18(21)11-7-12-19-2/h6,8-9,14,17,19H,3-5,7,10-13H2,1-2H3. The lowest BCUT2D eigenvalue weighted by Crippen LogP contribution is -2.35. The molecule has 1 atom stereocenters. The predicted octanol–water partition coefficient (Wildman–Crippen LogP) is 3.44. The number of aryl methyl sites for hydroxylation is 1. The SMILES string of the molecule is CNCCCC(=O)N1CCCCCC1c1cccc(C)c1. The molecule has 1 aliphatic heterocycles. The maximum atomic E-state index is 12.6. The largest absolute Gasteiger partial charge is 0.336 e. The molecule has 1 saturated heterocycles. The first-order valence-corrected chi connectivity index (χ1v) is 8.23. The van der Waals surface area contributed by atoms with E-state index in [0.717, 1.165) is 32.4 Å². The topological polar surface area (TPSA) is 32.3 Å². The van der Waals surface area contributed by atoms with Gasteiger partial charge in [-0.1, -0.05) is 42.7 Å². The van der Waals surface area contributed by atoms with E-state index in [2.05, 4.69) is 41.4 Å². The van der Waals surface area contributed by atoms with Gasteiger partial charge in [-0.15, -0.1) is 0 Å². The Kier molecular flexibility index (Phi) is 6.24. The first-order chi connectivity index (χ1) is 10.2. The van der Waals surface area contributed by atoms with Gasteiger partial charge in [0, 0.05) is 13.0 Å². The van der Waals surface area contributed by atoms with Crippen LogP contribution in [0.1, 0.15) is 55.7 Å². The van der Waals surface area contributed by atoms with E-state index in [9.17, 15) is 4.79 Å². The minimum absolute atomic E-state index is 0.273. The minimum atomic E-state index is 0.273. The average molecular weight is 288 g/mol. The van der Waals surface area contributed by atoms with Gasteiger partial charge in [-0.2, -0.15) is 0 Å². The van der Waals surface area contributed by atoms with Crippen LogP contribution in [-0.2, 0) is 4.79 Å². The van der Waals surface area contributed by atoms with Crippen LogP contribution in [0, 0.1) is 6.92 Å². The van der Waals surface area contributed by atoms with Gasteiger partial charge in [0.15, 0.2) is 0 Å². The molecule has 1 unspecified atom stereocenters. The molecule has 2 rings (SSSR count). The maximum absolute atomic E-state index is 12.6. The Morgan fingerprint density at radius 3 is 2.95 bits per heavy atom. The highest BCUT2D eigenvalue weighted by molar-refractivity contribution is 5.76. The Morgan fingerprint density at radius 2 is 2.19 bits per heavy atom. The van der Waals surface area contributed by atoms with Crippen LogP contribution < -0.4 is 5.32 Å². The van der Waals surface area contributed by atoms with Gasteiger partial charge in [0.1, 0.15) is 0 Å². The summed E-state index contributed by atoms with van der Waals surface area (Å²) in [4.78, 5) is 14.7. The zero-order valence-electron chi connectivity index (χ0n) is 13.4. The molecule has 1 heterocycles. The highest BCUT2D eigenvalue weighted by Gasteiger charge is 2.26. The van der Waals surface area contributed by atoms with Crippen LogP contribution in [0.4, 0.5) is 0 Å². The summed E-state index contributed by atoms with van der Waals surface area (Å²) in [7, 11) is 1.94. The lowest BCUT2D eigenvalue weighted by Gasteiger charge is -2.31. The van der Waals surface area contributed by atoms with Crippen molar-refractivity contribution in [2.75, 3.05) is 20.1 Å². The predicted molar refractivity (Wildman–Crippen MR) is 87.3 cm³/mol. The minimum Gasteiger partial charge on any atom is -0.336 e. The number of nitrogens with one attached hydrogen (secondary N) is 1. The molecule has 1 fully saturated rings. The Balaban J connectivity index is 2.12. The number of benzene rings is 1. The van der Waals surface area contributed by atoms with Crippen LogP contribution in [0.15, 0.2) is 24.3 Å². The molecule has 1 aromatic rings. The molecule has 0 spiro atoms. The van der Waals surface area contributed by atoms with Crippen molar-refractivity contribution in [2.24, 2.45) is 0 Å². The fraction of sp³-hybridized carbons (Fsp3) is 0.611. The summed E-state index contributed by atoms with van der Waals surface area (Å²) >= 11 is 0. The quantitative estimate of drug-likeness (QED) is 0.842. The van der Waals surface area contributed by atoms with Gasteiger partial charge in [0.05, 0.1) is 6.04 Å². The van der Waals surface area contributed by atoms with Crippen molar-refractivity contribution in [3.05, 3.63) is 35.4 Å². The molecule has 0 aliphatic carbocycles. The summed E-state index contributed by atoms with van der Waals surface area (Å²) in [5.74, 6) is 0.318. The number of nitrogens with zero attached hydrogens (tertiary/aromatic N) is 1. The summed E-state index contributed by atoms with van der Waals surface area (Å²) in [6.07, 6.45) is 6.28. The fourth-order valence-electron chi connectivity index (χ4n) is 3.19. The highest BCUT2D eigenvalue weighted by atomic mass is 16.2. The van der Waals surface area contributed by atoms with E-state index < -0.39 is 0 Å². The number of rotatable bonds is 5. The number of amides is 1. The van der Waals surface area contributed by atoms with E-state index >= 15 is 0 Å². The molecule has 3 nitrogen and oxygen atoms in total. The number of likely N-dealkylation sites (tertiary alicyclic amines) is 1. The Bertz CT molecular complexity index is 458. The van der Waals surface area contributed by atoms with Crippen molar-refractivity contribution < 1.29 is 4.79 Å². The Hall–Kier alpha value is -1.35. The number of carbonyl (C=O) groups excluding carboxylic acids is 1. The monoisotopic (exact) mass is 288 g/mol.